The Kier molecular flexibility index (Phi) is 4.96. The van der Waals surface area contributed by atoms with Gasteiger partial charge < -0.3 is 9.55 Å². The van der Waals surface area contributed by atoms with E-state index in [0.717, 1.165) is 18.4 Å². The van der Waals surface area contributed by atoms with Crippen molar-refractivity contribution in [1.29, 1.82) is 0 Å². The summed E-state index contributed by atoms with van der Waals surface area (Å²) in [6.45, 7) is 2.85. The molecule has 0 fully saturated rings. The molecule has 6 nitrogen and oxygen atoms in total. The maximum Gasteiger partial charge on any atom is 0.332 e. The molecule has 0 atom stereocenters. The van der Waals surface area contributed by atoms with E-state index in [0.29, 0.717) is 34.0 Å². The molecule has 0 unspecified atom stereocenters. The third-order valence-electron chi connectivity index (χ3n) is 4.25. The van der Waals surface area contributed by atoms with E-state index in [1.54, 1.807) is 23.7 Å². The minimum Gasteiger partial charge on any atom is -0.316 e. The Hall–Kier alpha value is -2.12. The zero-order valence-electron chi connectivity index (χ0n) is 14.1. The summed E-state index contributed by atoms with van der Waals surface area (Å²) in [6, 6.07) is 7.37. The van der Waals surface area contributed by atoms with Gasteiger partial charge in [0.05, 0.1) is 6.54 Å². The molecule has 0 aliphatic carbocycles. The van der Waals surface area contributed by atoms with Crippen LogP contribution in [0.3, 0.4) is 0 Å². The maximum atomic E-state index is 12.9. The first-order valence-corrected chi connectivity index (χ1v) is 8.89. The van der Waals surface area contributed by atoms with Crippen LogP contribution in [-0.4, -0.2) is 18.7 Å². The number of unbranched alkanes of at least 4 members (excludes halogenated alkanes) is 1. The van der Waals surface area contributed by atoms with Crippen LogP contribution in [0.5, 0.6) is 0 Å². The lowest BCUT2D eigenvalue weighted by Gasteiger charge is -2.09. The number of H-pyrrole nitrogens is 1. The molecule has 2 aromatic heterocycles. The van der Waals surface area contributed by atoms with Crippen LogP contribution in [-0.2, 0) is 20.1 Å². The number of benzene rings is 1. The Labute approximate surface area is 154 Å². The summed E-state index contributed by atoms with van der Waals surface area (Å²) in [5.74, 6) is 0. The Morgan fingerprint density at radius 1 is 1.16 bits per heavy atom. The summed E-state index contributed by atoms with van der Waals surface area (Å²) < 4.78 is 4.87. The number of hydrogen-bond acceptors (Lipinski definition) is 3. The number of aromatic nitrogens is 4. The average molecular weight is 379 g/mol. The van der Waals surface area contributed by atoms with Gasteiger partial charge in [0.25, 0.3) is 5.56 Å². The van der Waals surface area contributed by atoms with Gasteiger partial charge in [-0.15, -0.1) is 0 Å². The number of halogens is 1. The molecule has 0 saturated carbocycles. The first-order valence-electron chi connectivity index (χ1n) is 8.10. The minimum absolute atomic E-state index is 0.312. The normalized spacial score (nSPS) is 11.3. The van der Waals surface area contributed by atoms with Crippen molar-refractivity contribution in [2.75, 3.05) is 0 Å². The molecule has 0 saturated heterocycles. The van der Waals surface area contributed by atoms with Gasteiger partial charge >= 0.3 is 5.69 Å². The molecule has 0 aliphatic rings. The Morgan fingerprint density at radius 3 is 2.48 bits per heavy atom. The first-order chi connectivity index (χ1) is 11.9. The van der Waals surface area contributed by atoms with Crippen molar-refractivity contribution in [2.45, 2.75) is 32.9 Å². The highest BCUT2D eigenvalue weighted by Gasteiger charge is 2.16. The molecule has 3 aromatic rings. The Bertz CT molecular complexity index is 1090. The van der Waals surface area contributed by atoms with Gasteiger partial charge in [-0.25, -0.2) is 4.79 Å². The van der Waals surface area contributed by atoms with Gasteiger partial charge in [0.1, 0.15) is 5.65 Å². The van der Waals surface area contributed by atoms with Gasteiger partial charge in [0, 0.05) is 18.6 Å². The largest absolute Gasteiger partial charge is 0.332 e. The van der Waals surface area contributed by atoms with Crippen molar-refractivity contribution >= 4 is 35.0 Å². The highest BCUT2D eigenvalue weighted by molar-refractivity contribution is 7.71. The molecule has 8 heteroatoms. The van der Waals surface area contributed by atoms with E-state index in [2.05, 4.69) is 4.98 Å². The van der Waals surface area contributed by atoms with E-state index in [4.69, 9.17) is 23.8 Å². The Morgan fingerprint density at radius 2 is 1.84 bits per heavy atom. The van der Waals surface area contributed by atoms with Gasteiger partial charge in [-0.05, 0) is 36.3 Å². The van der Waals surface area contributed by atoms with Gasteiger partial charge in [0.2, 0.25) is 0 Å². The lowest BCUT2D eigenvalue weighted by molar-refractivity contribution is 0.565. The number of rotatable bonds is 5. The van der Waals surface area contributed by atoms with Crippen LogP contribution in [0.25, 0.3) is 11.2 Å². The number of aryl methyl sites for hydroxylation is 1. The molecule has 0 bridgehead atoms. The molecule has 2 heterocycles. The molecule has 0 aliphatic heterocycles. The molecule has 3 rings (SSSR count). The summed E-state index contributed by atoms with van der Waals surface area (Å²) in [5, 5.41) is 0.649. The van der Waals surface area contributed by atoms with Crippen LogP contribution >= 0.6 is 23.8 Å². The van der Waals surface area contributed by atoms with Crippen molar-refractivity contribution < 1.29 is 0 Å². The number of imidazole rings is 1. The van der Waals surface area contributed by atoms with Crippen LogP contribution in [0.2, 0.25) is 5.02 Å². The van der Waals surface area contributed by atoms with Gasteiger partial charge in [-0.3, -0.25) is 13.9 Å². The fraction of sp³-hybridized carbons (Fsp3) is 0.353. The van der Waals surface area contributed by atoms with Crippen LogP contribution in [0.15, 0.2) is 33.9 Å². The maximum absolute atomic E-state index is 12.9. The van der Waals surface area contributed by atoms with Gasteiger partial charge in [-0.2, -0.15) is 0 Å². The number of fused-ring (bicyclic) bond motifs is 1. The zero-order chi connectivity index (χ0) is 18.1. The lowest BCUT2D eigenvalue weighted by Crippen LogP contribution is -2.39. The van der Waals surface area contributed by atoms with Crippen molar-refractivity contribution in [3.63, 3.8) is 0 Å². The van der Waals surface area contributed by atoms with E-state index in [1.807, 2.05) is 19.1 Å². The van der Waals surface area contributed by atoms with Crippen LogP contribution < -0.4 is 11.2 Å². The highest BCUT2D eigenvalue weighted by Crippen LogP contribution is 2.14. The standard InChI is InChI=1S/C17H19ClN4O2S/c1-3-4-9-21-15(23)13-14(20(2)17(21)24)19-16(25)22(13)10-11-5-7-12(18)8-6-11/h5-8H,3-4,9-10H2,1-2H3,(H,19,25). The smallest absolute Gasteiger partial charge is 0.316 e. The van der Waals surface area contributed by atoms with Crippen molar-refractivity contribution in [1.82, 2.24) is 18.7 Å². The van der Waals surface area contributed by atoms with Crippen LogP contribution in [0.4, 0.5) is 0 Å². The molecule has 132 valence electrons. The summed E-state index contributed by atoms with van der Waals surface area (Å²) in [5.41, 5.74) is 1.18. The van der Waals surface area contributed by atoms with E-state index in [9.17, 15) is 9.59 Å². The molecule has 0 spiro atoms. The average Bonchev–Trinajstić information content (AvgIpc) is 2.92. The minimum atomic E-state index is -0.333. The molecule has 1 aromatic carbocycles. The van der Waals surface area contributed by atoms with Gasteiger partial charge in [0.15, 0.2) is 10.3 Å². The van der Waals surface area contributed by atoms with E-state index >= 15 is 0 Å². The summed E-state index contributed by atoms with van der Waals surface area (Å²) in [7, 11) is 1.64. The molecule has 0 amide bonds. The second-order valence-electron chi connectivity index (χ2n) is 5.99. The highest BCUT2D eigenvalue weighted by atomic mass is 35.5. The summed E-state index contributed by atoms with van der Waals surface area (Å²) in [4.78, 5) is 28.4. The van der Waals surface area contributed by atoms with Crippen LogP contribution in [0, 0.1) is 4.77 Å². The number of nitrogens with zero attached hydrogens (tertiary/aromatic N) is 3. The lowest BCUT2D eigenvalue weighted by atomic mass is 10.2. The number of nitrogens with one attached hydrogen (secondary N) is 1. The number of aromatic amines is 1. The van der Waals surface area contributed by atoms with E-state index < -0.39 is 0 Å². The predicted molar refractivity (Wildman–Crippen MR) is 102 cm³/mol. The molecule has 0 radical (unpaired) electrons. The second kappa shape index (κ2) is 7.01. The first kappa shape index (κ1) is 17.7. The molecular weight excluding hydrogens is 360 g/mol. The van der Waals surface area contributed by atoms with E-state index in [1.165, 1.54) is 9.13 Å². The second-order valence-corrected chi connectivity index (χ2v) is 6.82. The SMILES string of the molecule is CCCCn1c(=O)c2c([nH]c(=S)n2Cc2ccc(Cl)cc2)n(C)c1=O. The summed E-state index contributed by atoms with van der Waals surface area (Å²) >= 11 is 11.3. The summed E-state index contributed by atoms with van der Waals surface area (Å²) in [6.07, 6.45) is 1.67. The zero-order valence-corrected chi connectivity index (χ0v) is 15.7. The topological polar surface area (TPSA) is 64.7 Å². The quantitative estimate of drug-likeness (QED) is 0.694. The fourth-order valence-electron chi connectivity index (χ4n) is 2.84. The van der Waals surface area contributed by atoms with E-state index in [-0.39, 0.29) is 11.2 Å². The Balaban J connectivity index is 2.22. The van der Waals surface area contributed by atoms with Crippen LogP contribution in [0.1, 0.15) is 25.3 Å². The predicted octanol–water partition coefficient (Wildman–Crippen LogP) is 3.06. The van der Waals surface area contributed by atoms with Gasteiger partial charge in [-0.1, -0.05) is 37.1 Å². The monoisotopic (exact) mass is 378 g/mol. The molecule has 25 heavy (non-hydrogen) atoms. The molecule has 1 N–H and O–H groups in total. The third kappa shape index (κ3) is 3.21. The van der Waals surface area contributed by atoms with Crippen molar-refractivity contribution in [3.8, 4) is 0 Å². The third-order valence-corrected chi connectivity index (χ3v) is 4.83. The number of hydrogen-bond donors (Lipinski definition) is 1. The van der Waals surface area contributed by atoms with Crippen molar-refractivity contribution in [2.24, 2.45) is 7.05 Å². The fourth-order valence-corrected chi connectivity index (χ4v) is 3.22. The van der Waals surface area contributed by atoms with Crippen molar-refractivity contribution in [3.05, 3.63) is 60.5 Å². The molecular formula is C17H19ClN4O2S.